The Morgan fingerprint density at radius 2 is 2.00 bits per heavy atom. The summed E-state index contributed by atoms with van der Waals surface area (Å²) in [5.74, 6) is -1.95. The van der Waals surface area contributed by atoms with Crippen LogP contribution in [-0.4, -0.2) is 20.1 Å². The van der Waals surface area contributed by atoms with Gasteiger partial charge in [0.05, 0.1) is 11.9 Å². The van der Waals surface area contributed by atoms with Gasteiger partial charge in [0.1, 0.15) is 40.2 Å². The van der Waals surface area contributed by atoms with E-state index in [1.165, 1.54) is 17.4 Å². The van der Waals surface area contributed by atoms with E-state index >= 15 is 0 Å². The molecule has 12 heteroatoms. The van der Waals surface area contributed by atoms with Crippen LogP contribution in [0.3, 0.4) is 0 Å². The number of nitrogens with zero attached hydrogens (tertiary/aromatic N) is 3. The zero-order valence-corrected chi connectivity index (χ0v) is 24.5. The Morgan fingerprint density at radius 1 is 1.29 bits per heavy atom. The van der Waals surface area contributed by atoms with Crippen molar-refractivity contribution < 1.29 is 75.1 Å². The van der Waals surface area contributed by atoms with Gasteiger partial charge in [-0.2, -0.15) is 0 Å². The summed E-state index contributed by atoms with van der Waals surface area (Å²) in [6, 6.07) is 2.47. The van der Waals surface area contributed by atoms with Crippen LogP contribution in [0.5, 0.6) is 0 Å². The van der Waals surface area contributed by atoms with Crippen molar-refractivity contribution in [2.24, 2.45) is 0 Å². The first-order chi connectivity index (χ1) is 15.9. The molecular formula is C23H22ClF2KN4O3S. The van der Waals surface area contributed by atoms with Crippen LogP contribution in [0.1, 0.15) is 37.7 Å². The molecule has 0 aromatic carbocycles. The first kappa shape index (κ1) is 29.8. The predicted octanol–water partition coefficient (Wildman–Crippen LogP) is 1.72. The van der Waals surface area contributed by atoms with Crippen LogP contribution < -0.4 is 61.8 Å². The quantitative estimate of drug-likeness (QED) is 0.252. The first-order valence-electron chi connectivity index (χ1n) is 10.0. The SMILES string of the molecule is C/C(=C/C(OCc1ncc(F)cc1F)=C(\[O-])Cl)Nc1cc(-c2nc(C(C)(C)O)cs2)ncc1C.[K+]. The molecule has 0 saturated carbocycles. The molecule has 0 aliphatic heterocycles. The number of aliphatic hydroxyl groups is 1. The Bertz CT molecular complexity index is 1260. The largest absolute Gasteiger partial charge is 1.00 e. The summed E-state index contributed by atoms with van der Waals surface area (Å²) in [6.45, 7) is 6.45. The minimum Gasteiger partial charge on any atom is -0.861 e. The molecule has 0 spiro atoms. The van der Waals surface area contributed by atoms with E-state index in [-0.39, 0.29) is 62.8 Å². The molecule has 0 saturated heterocycles. The normalized spacial score (nSPS) is 12.6. The molecule has 3 heterocycles. The molecule has 35 heavy (non-hydrogen) atoms. The van der Waals surface area contributed by atoms with E-state index in [0.29, 0.717) is 33.8 Å². The maximum absolute atomic E-state index is 13.8. The standard InChI is InChI=1S/C23H23ClF2N4O3S.K/c1-12-8-27-17(22-30-20(11-34-22)23(3,4)32)7-16(12)29-13(2)5-19(21(24)31)33-10-18-15(26)6-14(25)9-28-18;/h5-9,11,31-32H,10H2,1-4H3,(H,27,29);/q;+1/p-1/b13-5-,21-19+;. The van der Waals surface area contributed by atoms with Crippen molar-refractivity contribution in [3.05, 3.63) is 81.2 Å². The average molecular weight is 547 g/mol. The van der Waals surface area contributed by atoms with E-state index in [2.05, 4.69) is 20.3 Å². The van der Waals surface area contributed by atoms with Crippen molar-refractivity contribution in [3.63, 3.8) is 0 Å². The molecule has 0 amide bonds. The number of hydrogen-bond acceptors (Lipinski definition) is 8. The Morgan fingerprint density at radius 3 is 2.60 bits per heavy atom. The Balaban J connectivity index is 0.00000432. The van der Waals surface area contributed by atoms with Crippen molar-refractivity contribution in [3.8, 4) is 10.7 Å². The van der Waals surface area contributed by atoms with Gasteiger partial charge in [0.25, 0.3) is 0 Å². The molecule has 2 N–H and O–H groups in total. The van der Waals surface area contributed by atoms with Gasteiger partial charge in [-0.25, -0.2) is 13.8 Å². The zero-order valence-electron chi connectivity index (χ0n) is 19.8. The second kappa shape index (κ2) is 12.7. The number of hydrogen-bond donors (Lipinski definition) is 2. The third-order valence-electron chi connectivity index (χ3n) is 4.57. The molecule has 0 aliphatic carbocycles. The van der Waals surface area contributed by atoms with Gasteiger partial charge >= 0.3 is 51.4 Å². The predicted molar refractivity (Wildman–Crippen MR) is 125 cm³/mol. The number of aryl methyl sites for hydroxylation is 1. The van der Waals surface area contributed by atoms with E-state index in [9.17, 15) is 19.0 Å². The van der Waals surface area contributed by atoms with Gasteiger partial charge in [0.15, 0.2) is 5.82 Å². The Hall–Kier alpha value is -1.44. The summed E-state index contributed by atoms with van der Waals surface area (Å²) in [6.07, 6.45) is 3.89. The molecule has 180 valence electrons. The fraction of sp³-hybridized carbons (Fsp3) is 0.261. The van der Waals surface area contributed by atoms with Crippen LogP contribution >= 0.6 is 22.9 Å². The minimum absolute atomic E-state index is 0. The number of aromatic nitrogens is 3. The topological polar surface area (TPSA) is 103 Å². The Labute approximate surface area is 253 Å². The van der Waals surface area contributed by atoms with Crippen LogP contribution in [0.25, 0.3) is 10.7 Å². The molecule has 3 aromatic rings. The van der Waals surface area contributed by atoms with Crippen LogP contribution in [0.4, 0.5) is 14.5 Å². The first-order valence-corrected chi connectivity index (χ1v) is 11.3. The molecule has 0 bridgehead atoms. The number of nitrogens with one attached hydrogen (secondary N) is 1. The van der Waals surface area contributed by atoms with Crippen LogP contribution in [0.2, 0.25) is 0 Å². The third-order valence-corrected chi connectivity index (χ3v) is 5.63. The van der Waals surface area contributed by atoms with Gasteiger partial charge in [0, 0.05) is 34.2 Å². The monoisotopic (exact) mass is 546 g/mol. The maximum Gasteiger partial charge on any atom is 1.00 e. The smallest absolute Gasteiger partial charge is 0.861 e. The molecule has 0 radical (unpaired) electrons. The van der Waals surface area contributed by atoms with Crippen molar-refractivity contribution in [2.45, 2.75) is 39.9 Å². The number of rotatable bonds is 8. The molecule has 0 atom stereocenters. The number of ether oxygens (including phenoxy) is 1. The van der Waals surface area contributed by atoms with Gasteiger partial charge < -0.3 is 20.3 Å². The average Bonchev–Trinajstić information content (AvgIpc) is 3.24. The third kappa shape index (κ3) is 8.29. The number of thiazole rings is 1. The summed E-state index contributed by atoms with van der Waals surface area (Å²) in [5, 5.41) is 26.6. The fourth-order valence-electron chi connectivity index (χ4n) is 2.74. The van der Waals surface area contributed by atoms with Gasteiger partial charge in [-0.3, -0.25) is 9.97 Å². The molecule has 3 rings (SSSR count). The van der Waals surface area contributed by atoms with Gasteiger partial charge in [-0.15, -0.1) is 11.3 Å². The second-order valence-electron chi connectivity index (χ2n) is 7.94. The van der Waals surface area contributed by atoms with E-state index < -0.39 is 29.1 Å². The number of pyridine rings is 2. The summed E-state index contributed by atoms with van der Waals surface area (Å²) in [4.78, 5) is 12.5. The minimum atomic E-state index is -1.06. The van der Waals surface area contributed by atoms with E-state index in [1.807, 2.05) is 6.92 Å². The van der Waals surface area contributed by atoms with Gasteiger partial charge in [-0.1, -0.05) is 11.6 Å². The zero-order chi connectivity index (χ0) is 25.0. The number of anilines is 1. The van der Waals surface area contributed by atoms with E-state index in [0.717, 1.165) is 11.8 Å². The fourth-order valence-corrected chi connectivity index (χ4v) is 3.80. The number of allylic oxidation sites excluding steroid dienone is 2. The summed E-state index contributed by atoms with van der Waals surface area (Å²) in [5.41, 5.74) is 1.96. The Kier molecular flexibility index (Phi) is 10.8. The van der Waals surface area contributed by atoms with Crippen LogP contribution in [0.15, 0.2) is 52.7 Å². The molecule has 7 nitrogen and oxygen atoms in total. The van der Waals surface area contributed by atoms with Crippen molar-refractivity contribution in [1.82, 2.24) is 15.0 Å². The van der Waals surface area contributed by atoms with E-state index in [4.69, 9.17) is 16.3 Å². The van der Waals surface area contributed by atoms with Crippen molar-refractivity contribution in [1.29, 1.82) is 0 Å². The van der Waals surface area contributed by atoms with Crippen molar-refractivity contribution in [2.75, 3.05) is 5.32 Å². The van der Waals surface area contributed by atoms with Crippen LogP contribution in [-0.2, 0) is 16.9 Å². The second-order valence-corrected chi connectivity index (χ2v) is 9.14. The molecule has 0 unspecified atom stereocenters. The van der Waals surface area contributed by atoms with Gasteiger partial charge in [0.2, 0.25) is 0 Å². The van der Waals surface area contributed by atoms with Crippen molar-refractivity contribution >= 4 is 28.6 Å². The molecular weight excluding hydrogens is 525 g/mol. The molecule has 0 fully saturated rings. The maximum atomic E-state index is 13.8. The summed E-state index contributed by atoms with van der Waals surface area (Å²) >= 11 is 6.97. The summed E-state index contributed by atoms with van der Waals surface area (Å²) < 4.78 is 32.1. The van der Waals surface area contributed by atoms with Crippen LogP contribution in [0, 0.1) is 18.6 Å². The summed E-state index contributed by atoms with van der Waals surface area (Å²) in [7, 11) is 0. The van der Waals surface area contributed by atoms with E-state index in [1.54, 1.807) is 38.4 Å². The number of halogens is 3. The molecule has 3 aromatic heterocycles. The van der Waals surface area contributed by atoms with Gasteiger partial charge in [-0.05, 0) is 45.4 Å². The molecule has 0 aliphatic rings.